The van der Waals surface area contributed by atoms with Crippen molar-refractivity contribution in [1.29, 1.82) is 0 Å². The van der Waals surface area contributed by atoms with E-state index >= 15 is 0 Å². The fourth-order valence-electron chi connectivity index (χ4n) is 8.36. The van der Waals surface area contributed by atoms with Gasteiger partial charge >= 0.3 is 12.1 Å². The lowest BCUT2D eigenvalue weighted by Crippen LogP contribution is -2.46. The van der Waals surface area contributed by atoms with Crippen LogP contribution in [0.2, 0.25) is 0 Å². The minimum absolute atomic E-state index is 0.00186. The number of hydrogen-bond donors (Lipinski definition) is 3. The van der Waals surface area contributed by atoms with Gasteiger partial charge in [-0.1, -0.05) is 53.7 Å². The normalized spacial score (nSPS) is 26.7. The van der Waals surface area contributed by atoms with E-state index in [1.165, 1.54) is 25.4 Å². The summed E-state index contributed by atoms with van der Waals surface area (Å²) in [5, 5.41) is 13.5. The van der Waals surface area contributed by atoms with Crippen LogP contribution in [0, 0.1) is 35.5 Å². The first-order valence-corrected chi connectivity index (χ1v) is 22.5. The number of Topliss-reactive ketones (excluding diaryl/α,β-unsaturated/α-hetero) is 1. The standard InChI is InChI=1S/C47H71N5O15/c1-26-19-32(66-47(48)59)21-41(56)67-39(22-38(61-9)27(2)15-16-35(54)29(4)42(62-10)28(3)17-18-52(7)25-53)31(6)37(60-8)13-12-14-40-49-34(24-64-40)46-50-33(23-65-46)44(57)51-45(58)43(63-11)30(5)36(55)20-26/h12,14,17-18,23-32,36-39,42-43,55H,13,15-16,19-22H2,1-11H3,(H2,48,59)(H,51,57,58)/b14-12+,18-17+/t26-,27-,28+,29-,30-,31+,32-,36-,37-,38-,39-,42+,43?/m0/s1. The number of esters is 1. The Morgan fingerprint density at radius 3 is 2.31 bits per heavy atom. The van der Waals surface area contributed by atoms with E-state index in [2.05, 4.69) is 15.3 Å². The van der Waals surface area contributed by atoms with Crippen molar-refractivity contribution in [2.75, 3.05) is 35.5 Å². The van der Waals surface area contributed by atoms with E-state index in [1.807, 2.05) is 33.8 Å². The number of carbonyl (C=O) groups excluding carboxylic acids is 6. The molecule has 0 saturated heterocycles. The van der Waals surface area contributed by atoms with Crippen LogP contribution in [0.25, 0.3) is 17.7 Å². The first kappa shape index (κ1) is 56.0. The number of ether oxygens (including phenoxy) is 6. The molecule has 1 aliphatic heterocycles. The average molecular weight is 946 g/mol. The molecule has 3 heterocycles. The highest BCUT2D eigenvalue weighted by Crippen LogP contribution is 2.30. The molecule has 20 heteroatoms. The first-order chi connectivity index (χ1) is 31.8. The van der Waals surface area contributed by atoms with Crippen LogP contribution in [-0.4, -0.2) is 134 Å². The molecule has 20 nitrogen and oxygen atoms in total. The van der Waals surface area contributed by atoms with Gasteiger partial charge < -0.3 is 53.0 Å². The van der Waals surface area contributed by atoms with Crippen LogP contribution >= 0.6 is 0 Å². The summed E-state index contributed by atoms with van der Waals surface area (Å²) in [4.78, 5) is 86.8. The molecule has 0 saturated carbocycles. The van der Waals surface area contributed by atoms with Gasteiger partial charge in [-0.25, -0.2) is 14.8 Å². The monoisotopic (exact) mass is 945 g/mol. The number of ketones is 1. The third-order valence-electron chi connectivity index (χ3n) is 12.5. The third-order valence-corrected chi connectivity index (χ3v) is 12.5. The van der Waals surface area contributed by atoms with Crippen molar-refractivity contribution in [3.05, 3.63) is 42.5 Å². The average Bonchev–Trinajstić information content (AvgIpc) is 3.98. The Balaban J connectivity index is 1.93. The molecule has 0 fully saturated rings. The maximum absolute atomic E-state index is 13.9. The predicted octanol–water partition coefficient (Wildman–Crippen LogP) is 5.13. The van der Waals surface area contributed by atoms with Crippen molar-refractivity contribution < 1.29 is 71.1 Å². The maximum Gasteiger partial charge on any atom is 0.404 e. The molecule has 67 heavy (non-hydrogen) atoms. The second-order valence-electron chi connectivity index (χ2n) is 17.6. The Kier molecular flexibility index (Phi) is 23.0. The molecule has 4 N–H and O–H groups in total. The summed E-state index contributed by atoms with van der Waals surface area (Å²) >= 11 is 0. The molecule has 0 spiro atoms. The van der Waals surface area contributed by atoms with E-state index in [9.17, 15) is 33.9 Å². The highest BCUT2D eigenvalue weighted by molar-refractivity contribution is 6.05. The largest absolute Gasteiger partial charge is 0.462 e. The van der Waals surface area contributed by atoms with Gasteiger partial charge in [-0.05, 0) is 43.6 Å². The molecule has 2 aromatic rings. The lowest BCUT2D eigenvalue weighted by Gasteiger charge is -2.34. The summed E-state index contributed by atoms with van der Waals surface area (Å²) < 4.78 is 45.8. The van der Waals surface area contributed by atoms with Crippen molar-refractivity contribution in [3.8, 4) is 11.6 Å². The molecule has 13 atom stereocenters. The van der Waals surface area contributed by atoms with E-state index in [0.717, 1.165) is 6.26 Å². The zero-order valence-corrected chi connectivity index (χ0v) is 40.6. The highest BCUT2D eigenvalue weighted by atomic mass is 16.6. The fraction of sp³-hybridized carbons (Fsp3) is 0.660. The van der Waals surface area contributed by atoms with Crippen molar-refractivity contribution in [2.24, 2.45) is 41.2 Å². The number of nitrogens with one attached hydrogen (secondary N) is 1. The number of fused-ring (bicyclic) bond motifs is 5. The molecule has 0 aromatic carbocycles. The number of primary amides is 1. The molecule has 374 valence electrons. The number of aromatic nitrogens is 2. The molecule has 2 aromatic heterocycles. The zero-order valence-electron chi connectivity index (χ0n) is 40.6. The zero-order chi connectivity index (χ0) is 50.0. The molecular weight excluding hydrogens is 875 g/mol. The lowest BCUT2D eigenvalue weighted by molar-refractivity contribution is -0.160. The Morgan fingerprint density at radius 1 is 0.985 bits per heavy atom. The summed E-state index contributed by atoms with van der Waals surface area (Å²) in [6, 6.07) is 0. The summed E-state index contributed by atoms with van der Waals surface area (Å²) in [6.07, 6.45) is 4.10. The van der Waals surface area contributed by atoms with E-state index < -0.39 is 84.4 Å². The fourth-order valence-corrected chi connectivity index (χ4v) is 8.36. The molecule has 3 rings (SSSR count). The number of rotatable bonds is 17. The number of aliphatic hydroxyl groups excluding tert-OH is 1. The quantitative estimate of drug-likeness (QED) is 0.105. The molecule has 0 aliphatic carbocycles. The summed E-state index contributed by atoms with van der Waals surface area (Å²) in [6.45, 7) is 10.9. The number of nitrogens with two attached hydrogens (primary N) is 1. The van der Waals surface area contributed by atoms with E-state index in [4.69, 9.17) is 43.0 Å². The minimum atomic E-state index is -1.26. The summed E-state index contributed by atoms with van der Waals surface area (Å²) in [5.74, 6) is -4.69. The van der Waals surface area contributed by atoms with Gasteiger partial charge in [-0.2, -0.15) is 0 Å². The number of oxazole rings is 2. The van der Waals surface area contributed by atoms with Crippen LogP contribution in [-0.2, 0) is 47.6 Å². The van der Waals surface area contributed by atoms with Crippen LogP contribution in [0.1, 0.15) is 103 Å². The Bertz CT molecular complexity index is 1970. The van der Waals surface area contributed by atoms with E-state index in [-0.39, 0.29) is 78.8 Å². The number of imide groups is 1. The van der Waals surface area contributed by atoms with Gasteiger partial charge in [0.2, 0.25) is 18.2 Å². The summed E-state index contributed by atoms with van der Waals surface area (Å²) in [5.41, 5.74) is 5.42. The van der Waals surface area contributed by atoms with E-state index in [1.54, 1.807) is 53.5 Å². The van der Waals surface area contributed by atoms with Gasteiger partial charge in [0.25, 0.3) is 11.8 Å². The molecular formula is C47H71N5O15. The molecule has 1 unspecified atom stereocenters. The van der Waals surface area contributed by atoms with Crippen LogP contribution in [0.15, 0.2) is 39.7 Å². The number of nitrogens with zero attached hydrogens (tertiary/aromatic N) is 3. The Hall–Kier alpha value is -5.28. The van der Waals surface area contributed by atoms with Crippen molar-refractivity contribution >= 4 is 42.1 Å². The van der Waals surface area contributed by atoms with Crippen LogP contribution < -0.4 is 11.1 Å². The van der Waals surface area contributed by atoms with Crippen molar-refractivity contribution in [3.63, 3.8) is 0 Å². The molecule has 4 amide bonds. The van der Waals surface area contributed by atoms with E-state index in [0.29, 0.717) is 19.3 Å². The van der Waals surface area contributed by atoms with Crippen LogP contribution in [0.5, 0.6) is 0 Å². The number of cyclic esters (lactones) is 1. The molecule has 0 radical (unpaired) electrons. The highest BCUT2D eigenvalue weighted by Gasteiger charge is 2.36. The van der Waals surface area contributed by atoms with Gasteiger partial charge in [0.1, 0.15) is 36.6 Å². The maximum atomic E-state index is 13.9. The number of carbonyl (C=O) groups is 6. The third kappa shape index (κ3) is 17.1. The van der Waals surface area contributed by atoms with Crippen LogP contribution in [0.4, 0.5) is 4.79 Å². The minimum Gasteiger partial charge on any atom is -0.462 e. The number of methoxy groups -OCH3 is 4. The van der Waals surface area contributed by atoms with Crippen molar-refractivity contribution in [2.45, 2.75) is 129 Å². The second-order valence-corrected chi connectivity index (χ2v) is 17.6. The number of hydrogen-bond acceptors (Lipinski definition) is 17. The second kappa shape index (κ2) is 27.5. The predicted molar refractivity (Wildman–Crippen MR) is 242 cm³/mol. The van der Waals surface area contributed by atoms with Gasteiger partial charge in [-0.15, -0.1) is 0 Å². The van der Waals surface area contributed by atoms with Crippen LogP contribution in [0.3, 0.4) is 0 Å². The number of amides is 4. The van der Waals surface area contributed by atoms with Gasteiger partial charge in [0.15, 0.2) is 11.4 Å². The summed E-state index contributed by atoms with van der Waals surface area (Å²) in [7, 11) is 7.53. The lowest BCUT2D eigenvalue weighted by atomic mass is 9.84. The Labute approximate surface area is 392 Å². The van der Waals surface area contributed by atoms with Gasteiger partial charge in [-0.3, -0.25) is 29.3 Å². The SMILES string of the molecule is COC1C(=O)NC(=O)c2coc(n2)-c2coc(n2)/C=C/C[C@H](OC)[C@@H](C)[C@H](C[C@H](OC)[C@@H](C)CCC(=O)[C@H](C)[C@H](OC)[C@H](C)/C=C/N(C)C=O)OC(=O)C[C@@H](OC(N)=O)C[C@H](C)C[C@H](O)[C@@H]1C. The smallest absolute Gasteiger partial charge is 0.404 e. The van der Waals surface area contributed by atoms with Gasteiger partial charge in [0.05, 0.1) is 30.8 Å². The molecule has 1 aliphatic rings. The van der Waals surface area contributed by atoms with Crippen molar-refractivity contribution in [1.82, 2.24) is 20.2 Å². The topological polar surface area (TPSA) is 271 Å². The Morgan fingerprint density at radius 2 is 1.69 bits per heavy atom. The first-order valence-electron chi connectivity index (χ1n) is 22.5. The van der Waals surface area contributed by atoms with Gasteiger partial charge in [0, 0.05) is 78.2 Å². The number of aliphatic hydroxyl groups is 1. The molecule has 4 bridgehead atoms.